The molecule has 4 heteroatoms. The van der Waals surface area contributed by atoms with Crippen LogP contribution in [-0.2, 0) is 11.2 Å². The Hall–Kier alpha value is -1.32. The fourth-order valence-corrected chi connectivity index (χ4v) is 8.14. The molecule has 4 aliphatic rings. The Morgan fingerprint density at radius 3 is 2.60 bits per heavy atom. The molecule has 3 aliphatic carbocycles. The number of carbonyl (C=O) groups excluding carboxylic acids is 1. The number of benzene rings is 1. The van der Waals surface area contributed by atoms with E-state index in [0.29, 0.717) is 29.7 Å². The summed E-state index contributed by atoms with van der Waals surface area (Å²) >= 11 is 6.06. The quantitative estimate of drug-likeness (QED) is 0.712. The lowest BCUT2D eigenvalue weighted by molar-refractivity contribution is -0.140. The second-order valence-corrected chi connectivity index (χ2v) is 11.4. The molecule has 0 aromatic heterocycles. The van der Waals surface area contributed by atoms with Crippen LogP contribution in [0.1, 0.15) is 51.5 Å². The van der Waals surface area contributed by atoms with E-state index in [1.165, 1.54) is 12.0 Å². The molecular weight excluding hydrogens is 394 g/mol. The first-order valence-corrected chi connectivity index (χ1v) is 12.0. The summed E-state index contributed by atoms with van der Waals surface area (Å²) in [6.07, 6.45) is 10.3. The van der Waals surface area contributed by atoms with Crippen LogP contribution >= 0.6 is 11.6 Å². The van der Waals surface area contributed by atoms with Gasteiger partial charge in [-0.15, -0.1) is 0 Å². The third-order valence-corrected chi connectivity index (χ3v) is 9.91. The molecule has 1 heterocycles. The molecule has 3 nitrogen and oxygen atoms in total. The van der Waals surface area contributed by atoms with Crippen molar-refractivity contribution in [3.8, 4) is 0 Å². The molecule has 0 radical (unpaired) electrons. The summed E-state index contributed by atoms with van der Waals surface area (Å²) in [5.74, 6) is 2.27. The van der Waals surface area contributed by atoms with Gasteiger partial charge >= 0.3 is 0 Å². The Bertz CT molecular complexity index is 866. The maximum atomic E-state index is 12.3. The van der Waals surface area contributed by atoms with Crippen LogP contribution in [0.15, 0.2) is 36.4 Å². The van der Waals surface area contributed by atoms with Gasteiger partial charge in [0, 0.05) is 23.5 Å². The first kappa shape index (κ1) is 20.6. The molecule has 0 spiro atoms. The Morgan fingerprint density at radius 2 is 1.87 bits per heavy atom. The van der Waals surface area contributed by atoms with E-state index in [9.17, 15) is 9.90 Å². The van der Waals surface area contributed by atoms with E-state index in [2.05, 4.69) is 32.1 Å². The number of carbonyl (C=O) groups is 1. The average molecular weight is 428 g/mol. The van der Waals surface area contributed by atoms with Crippen LogP contribution in [0.5, 0.6) is 0 Å². The van der Waals surface area contributed by atoms with Gasteiger partial charge in [-0.3, -0.25) is 4.79 Å². The van der Waals surface area contributed by atoms with E-state index < -0.39 is 0 Å². The summed E-state index contributed by atoms with van der Waals surface area (Å²) in [5, 5.41) is 12.2. The predicted octanol–water partition coefficient (Wildman–Crippen LogP) is 5.11. The van der Waals surface area contributed by atoms with Crippen molar-refractivity contribution < 1.29 is 9.90 Å². The number of halogens is 1. The molecule has 0 saturated heterocycles. The van der Waals surface area contributed by atoms with Crippen molar-refractivity contribution in [1.82, 2.24) is 4.90 Å². The zero-order valence-corrected chi connectivity index (χ0v) is 19.1. The third kappa shape index (κ3) is 2.92. The van der Waals surface area contributed by atoms with E-state index in [1.54, 1.807) is 6.08 Å². The van der Waals surface area contributed by atoms with E-state index in [4.69, 9.17) is 11.6 Å². The predicted molar refractivity (Wildman–Crippen MR) is 120 cm³/mol. The normalized spacial score (nSPS) is 45.1. The fraction of sp³-hybridized carbons (Fsp3) is 0.654. The van der Waals surface area contributed by atoms with Crippen LogP contribution in [0.2, 0.25) is 5.02 Å². The van der Waals surface area contributed by atoms with Crippen LogP contribution < -0.4 is 0 Å². The van der Waals surface area contributed by atoms with Crippen molar-refractivity contribution in [3.63, 3.8) is 0 Å². The summed E-state index contributed by atoms with van der Waals surface area (Å²) in [4.78, 5) is 14.2. The molecule has 30 heavy (non-hydrogen) atoms. The number of nitrogens with zero attached hydrogens (tertiary/aromatic N) is 1. The Balaban J connectivity index is 1.41. The number of likely N-dealkylation sites (N-methyl/N-ethyl adjacent to an activating group) is 1. The van der Waals surface area contributed by atoms with Gasteiger partial charge in [-0.2, -0.15) is 0 Å². The minimum atomic E-state index is -0.240. The molecule has 1 aromatic rings. The maximum Gasteiger partial charge on any atom is 0.246 e. The number of aliphatic hydroxyl groups is 1. The highest BCUT2D eigenvalue weighted by atomic mass is 35.5. The number of hydrogen-bond donors (Lipinski definition) is 1. The van der Waals surface area contributed by atoms with Crippen molar-refractivity contribution in [3.05, 3.63) is 47.0 Å². The van der Waals surface area contributed by atoms with Gasteiger partial charge in [0.2, 0.25) is 5.91 Å². The van der Waals surface area contributed by atoms with Crippen LogP contribution in [0.25, 0.3) is 0 Å². The Morgan fingerprint density at radius 1 is 1.13 bits per heavy atom. The molecule has 3 unspecified atom stereocenters. The molecule has 1 aromatic carbocycles. The highest BCUT2D eigenvalue weighted by Crippen LogP contribution is 2.65. The van der Waals surface area contributed by atoms with E-state index in [0.717, 1.165) is 37.1 Å². The van der Waals surface area contributed by atoms with E-state index in [-0.39, 0.29) is 22.8 Å². The molecule has 162 valence electrons. The monoisotopic (exact) mass is 427 g/mol. The molecule has 0 bridgehead atoms. The van der Waals surface area contributed by atoms with Crippen molar-refractivity contribution in [2.75, 3.05) is 7.05 Å². The van der Waals surface area contributed by atoms with Gasteiger partial charge in [-0.25, -0.2) is 0 Å². The average Bonchev–Trinajstić information content (AvgIpc) is 2.98. The zero-order valence-electron chi connectivity index (χ0n) is 18.4. The van der Waals surface area contributed by atoms with E-state index >= 15 is 0 Å². The molecule has 5 rings (SSSR count). The number of fused-ring (bicyclic) bond motifs is 5. The molecule has 3 fully saturated rings. The molecule has 1 aliphatic heterocycles. The van der Waals surface area contributed by atoms with Crippen molar-refractivity contribution >= 4 is 17.5 Å². The van der Waals surface area contributed by atoms with Gasteiger partial charge in [0.15, 0.2) is 0 Å². The molecular formula is C26H34ClNO2. The summed E-state index contributed by atoms with van der Waals surface area (Å²) < 4.78 is 0. The lowest BCUT2D eigenvalue weighted by Crippen LogP contribution is -2.59. The topological polar surface area (TPSA) is 40.5 Å². The number of amides is 1. The fourth-order valence-electron chi connectivity index (χ4n) is 8.01. The minimum absolute atomic E-state index is 0.0154. The van der Waals surface area contributed by atoms with E-state index in [1.807, 2.05) is 24.1 Å². The Labute approximate surface area is 185 Å². The smallest absolute Gasteiger partial charge is 0.246 e. The minimum Gasteiger partial charge on any atom is -0.392 e. The first-order chi connectivity index (χ1) is 14.2. The molecule has 1 N–H and O–H groups in total. The van der Waals surface area contributed by atoms with Gasteiger partial charge in [0.1, 0.15) is 0 Å². The highest BCUT2D eigenvalue weighted by molar-refractivity contribution is 6.30. The number of aliphatic hydroxyl groups excluding tert-OH is 1. The van der Waals surface area contributed by atoms with Crippen molar-refractivity contribution in [2.24, 2.45) is 34.5 Å². The maximum absolute atomic E-state index is 12.3. The lowest BCUT2D eigenvalue weighted by Gasteiger charge is -2.60. The summed E-state index contributed by atoms with van der Waals surface area (Å²) in [6.45, 7) is 4.73. The van der Waals surface area contributed by atoms with Crippen LogP contribution in [0.3, 0.4) is 0 Å². The molecule has 1 amide bonds. The second-order valence-electron chi connectivity index (χ2n) is 10.9. The van der Waals surface area contributed by atoms with Gasteiger partial charge < -0.3 is 10.0 Å². The van der Waals surface area contributed by atoms with Crippen LogP contribution in [-0.4, -0.2) is 35.1 Å². The number of hydrogen-bond acceptors (Lipinski definition) is 2. The Kier molecular flexibility index (Phi) is 4.87. The molecule has 3 saturated carbocycles. The summed E-state index contributed by atoms with van der Waals surface area (Å²) in [7, 11) is 1.98. The van der Waals surface area contributed by atoms with Gasteiger partial charge in [-0.1, -0.05) is 43.7 Å². The lowest BCUT2D eigenvalue weighted by atomic mass is 9.48. The second kappa shape index (κ2) is 7.10. The molecule has 8 atom stereocenters. The largest absolute Gasteiger partial charge is 0.392 e. The SMILES string of the molecule is CN1C(=O)C=C[C@@]2(C)C1CC[C@@H]1[C@H]2CC[C@]2(C)C(O)C(Cc3ccc(Cl)cc3)C[C@@H]12. The van der Waals surface area contributed by atoms with Gasteiger partial charge in [-0.05, 0) is 91.4 Å². The zero-order chi connectivity index (χ0) is 21.3. The highest BCUT2D eigenvalue weighted by Gasteiger charge is 2.62. The van der Waals surface area contributed by atoms with Crippen molar-refractivity contribution in [1.29, 1.82) is 0 Å². The standard InChI is InChI=1S/C26H34ClNO2/c1-25-13-11-23(29)28(3)22(25)9-8-19-20(25)10-12-26(2)21(19)15-17(24(26)30)14-16-4-6-18(27)7-5-16/h4-7,11,13,17,19-22,24,30H,8-10,12,14-15H2,1-3H3/t17?,19-,20-,21+,22?,24?,25-,26+/m1/s1. The summed E-state index contributed by atoms with van der Waals surface area (Å²) in [6, 6.07) is 8.44. The first-order valence-electron chi connectivity index (χ1n) is 11.6. The van der Waals surface area contributed by atoms with Gasteiger partial charge in [0.05, 0.1) is 6.10 Å². The van der Waals surface area contributed by atoms with Gasteiger partial charge in [0.25, 0.3) is 0 Å². The van der Waals surface area contributed by atoms with Crippen LogP contribution in [0.4, 0.5) is 0 Å². The number of rotatable bonds is 2. The summed E-state index contributed by atoms with van der Waals surface area (Å²) in [5.41, 5.74) is 1.35. The van der Waals surface area contributed by atoms with Crippen LogP contribution in [0, 0.1) is 34.5 Å². The van der Waals surface area contributed by atoms with Crippen molar-refractivity contribution in [2.45, 2.75) is 64.5 Å². The third-order valence-electron chi connectivity index (χ3n) is 9.66.